The Kier molecular flexibility index (Phi) is 42.6. The molecule has 0 aromatic heterocycles. The van der Waals surface area contributed by atoms with E-state index in [1.54, 1.807) is 0 Å². The highest BCUT2D eigenvalue weighted by atomic mass is 16.4. The van der Waals surface area contributed by atoms with Crippen LogP contribution in [-0.2, 0) is 9.59 Å². The van der Waals surface area contributed by atoms with Crippen LogP contribution in [0, 0.1) is 11.8 Å². The zero-order valence-corrected chi connectivity index (χ0v) is 29.1. The number of rotatable bonds is 30. The topological polar surface area (TPSA) is 74.6 Å². The van der Waals surface area contributed by atoms with Crippen molar-refractivity contribution < 1.29 is 19.8 Å². The Labute approximate surface area is 263 Å². The molecule has 0 heterocycles. The van der Waals surface area contributed by atoms with E-state index in [0.29, 0.717) is 12.8 Å². The summed E-state index contributed by atoms with van der Waals surface area (Å²) in [7, 11) is 0. The first-order valence-corrected chi connectivity index (χ1v) is 18.2. The van der Waals surface area contributed by atoms with E-state index >= 15 is 0 Å². The van der Waals surface area contributed by atoms with Crippen molar-refractivity contribution in [2.24, 2.45) is 11.8 Å². The van der Waals surface area contributed by atoms with Crippen LogP contribution in [0.2, 0.25) is 0 Å². The first-order valence-electron chi connectivity index (χ1n) is 18.2. The maximum absolute atomic E-state index is 10.3. The average molecular weight is 597 g/mol. The molecule has 0 aromatic rings. The predicted octanol–water partition coefficient (Wildman–Crippen LogP) is 13.2. The van der Waals surface area contributed by atoms with Gasteiger partial charge in [0, 0.05) is 12.8 Å². The maximum atomic E-state index is 10.3. The molecule has 0 aliphatic rings. The van der Waals surface area contributed by atoms with Crippen LogP contribution in [0.3, 0.4) is 0 Å². The third-order valence-electron chi connectivity index (χ3n) is 7.84. The molecule has 0 rings (SSSR count). The molecule has 0 aliphatic carbocycles. The van der Waals surface area contributed by atoms with Gasteiger partial charge in [-0.25, -0.2) is 0 Å². The second-order valence-corrected chi connectivity index (χ2v) is 13.1. The van der Waals surface area contributed by atoms with Gasteiger partial charge in [0.1, 0.15) is 0 Å². The summed E-state index contributed by atoms with van der Waals surface area (Å²) in [5.41, 5.74) is 0. The molecule has 2 N–H and O–H groups in total. The van der Waals surface area contributed by atoms with Gasteiger partial charge in [0.15, 0.2) is 0 Å². The van der Waals surface area contributed by atoms with Crippen molar-refractivity contribution in [3.8, 4) is 0 Å². The molecule has 42 heavy (non-hydrogen) atoms. The number of aliphatic carboxylic acids is 2. The Morgan fingerprint density at radius 2 is 0.548 bits per heavy atom. The molecule has 0 spiro atoms. The second kappa shape index (κ2) is 39.7. The lowest BCUT2D eigenvalue weighted by Crippen LogP contribution is -1.93. The minimum Gasteiger partial charge on any atom is -0.481 e. The highest BCUT2D eigenvalue weighted by molar-refractivity contribution is 5.66. The largest absolute Gasteiger partial charge is 0.481 e. The summed E-state index contributed by atoms with van der Waals surface area (Å²) in [5, 5.41) is 17.0. The molecule has 0 bridgehead atoms. The quantitative estimate of drug-likeness (QED) is 0.0639. The molecule has 0 atom stereocenters. The third-order valence-corrected chi connectivity index (χ3v) is 7.84. The monoisotopic (exact) mass is 597 g/mol. The SMILES string of the molecule is C=C.CC(C)CCCCCCCCCCCCCCC(=O)O.CC(C)CCCCCCCCCCCCCCC(=O)O. The van der Waals surface area contributed by atoms with Crippen molar-refractivity contribution in [1.29, 1.82) is 0 Å². The number of unbranched alkanes of at least 4 members (excludes halogenated alkanes) is 22. The van der Waals surface area contributed by atoms with E-state index in [4.69, 9.17) is 10.2 Å². The average Bonchev–Trinajstić information content (AvgIpc) is 2.94. The lowest BCUT2D eigenvalue weighted by atomic mass is 10.0. The van der Waals surface area contributed by atoms with E-state index < -0.39 is 11.9 Å². The van der Waals surface area contributed by atoms with E-state index in [-0.39, 0.29) is 0 Å². The predicted molar refractivity (Wildman–Crippen MR) is 185 cm³/mol. The first-order chi connectivity index (χ1) is 20.3. The van der Waals surface area contributed by atoms with Crippen molar-refractivity contribution in [3.63, 3.8) is 0 Å². The van der Waals surface area contributed by atoms with Gasteiger partial charge in [0.25, 0.3) is 0 Å². The van der Waals surface area contributed by atoms with Gasteiger partial charge in [-0.3, -0.25) is 9.59 Å². The van der Waals surface area contributed by atoms with Crippen LogP contribution >= 0.6 is 0 Å². The van der Waals surface area contributed by atoms with Crippen molar-refractivity contribution in [3.05, 3.63) is 13.2 Å². The molecule has 0 saturated heterocycles. The van der Waals surface area contributed by atoms with Crippen molar-refractivity contribution in [2.75, 3.05) is 0 Å². The number of carbonyl (C=O) groups is 2. The summed E-state index contributed by atoms with van der Waals surface area (Å²) in [6, 6.07) is 0. The van der Waals surface area contributed by atoms with Crippen molar-refractivity contribution >= 4 is 11.9 Å². The zero-order valence-electron chi connectivity index (χ0n) is 29.1. The molecule has 0 amide bonds. The van der Waals surface area contributed by atoms with Crippen LogP contribution < -0.4 is 0 Å². The molecule has 0 saturated carbocycles. The van der Waals surface area contributed by atoms with E-state index in [1.807, 2.05) is 0 Å². The zero-order chi connectivity index (χ0) is 32.1. The maximum Gasteiger partial charge on any atom is 0.303 e. The number of hydrogen-bond acceptors (Lipinski definition) is 2. The van der Waals surface area contributed by atoms with Gasteiger partial charge >= 0.3 is 11.9 Å². The molecule has 4 heteroatoms. The Hall–Kier alpha value is -1.32. The number of hydrogen-bond donors (Lipinski definition) is 2. The number of carboxylic acid groups (broad SMARTS) is 2. The number of carboxylic acids is 2. The molecule has 0 aromatic carbocycles. The van der Waals surface area contributed by atoms with Crippen LogP contribution in [0.4, 0.5) is 0 Å². The minimum absolute atomic E-state index is 0.344. The fourth-order valence-electron chi connectivity index (χ4n) is 5.19. The minimum atomic E-state index is -0.654. The van der Waals surface area contributed by atoms with Gasteiger partial charge in [-0.2, -0.15) is 0 Å². The van der Waals surface area contributed by atoms with Crippen LogP contribution in [0.1, 0.15) is 207 Å². The van der Waals surface area contributed by atoms with Crippen LogP contribution in [0.15, 0.2) is 13.2 Å². The summed E-state index contributed by atoms with van der Waals surface area (Å²) in [4.78, 5) is 20.7. The third kappa shape index (κ3) is 51.4. The molecule has 252 valence electrons. The summed E-state index contributed by atoms with van der Waals surface area (Å²) in [6.45, 7) is 15.2. The molecular formula is C38H76O4. The van der Waals surface area contributed by atoms with Crippen molar-refractivity contribution in [2.45, 2.75) is 207 Å². The first kappa shape index (κ1) is 45.1. The van der Waals surface area contributed by atoms with Crippen LogP contribution in [-0.4, -0.2) is 22.2 Å². The van der Waals surface area contributed by atoms with Gasteiger partial charge in [-0.1, -0.05) is 182 Å². The highest BCUT2D eigenvalue weighted by Crippen LogP contribution is 2.15. The summed E-state index contributed by atoms with van der Waals surface area (Å²) in [6.07, 6.45) is 34.6. The van der Waals surface area contributed by atoms with Crippen molar-refractivity contribution in [1.82, 2.24) is 0 Å². The Morgan fingerprint density at radius 1 is 0.381 bits per heavy atom. The lowest BCUT2D eigenvalue weighted by molar-refractivity contribution is -0.138. The fraction of sp³-hybridized carbons (Fsp3) is 0.895. The second-order valence-electron chi connectivity index (χ2n) is 13.1. The Balaban J connectivity index is -0.000000683. The normalized spacial score (nSPS) is 10.7. The summed E-state index contributed by atoms with van der Waals surface area (Å²) >= 11 is 0. The molecule has 0 aliphatic heterocycles. The standard InChI is InChI=1S/2C18H36O2.C2H4/c2*1-17(2)15-13-11-9-7-5-3-4-6-8-10-12-14-16-18(19)20;1-2/h2*17H,3-16H2,1-2H3,(H,19,20);1-2H2. The van der Waals surface area contributed by atoms with Gasteiger partial charge in [0.05, 0.1) is 0 Å². The van der Waals surface area contributed by atoms with Gasteiger partial charge < -0.3 is 10.2 Å². The van der Waals surface area contributed by atoms with E-state index in [0.717, 1.165) is 37.5 Å². The molecule has 0 unspecified atom stereocenters. The molecule has 0 radical (unpaired) electrons. The summed E-state index contributed by atoms with van der Waals surface area (Å²) in [5.74, 6) is 0.424. The fourth-order valence-corrected chi connectivity index (χ4v) is 5.19. The van der Waals surface area contributed by atoms with E-state index in [9.17, 15) is 9.59 Å². The Morgan fingerprint density at radius 3 is 0.714 bits per heavy atom. The van der Waals surface area contributed by atoms with E-state index in [1.165, 1.54) is 141 Å². The van der Waals surface area contributed by atoms with Gasteiger partial charge in [-0.05, 0) is 24.7 Å². The molecule has 0 fully saturated rings. The molecular weight excluding hydrogens is 520 g/mol. The lowest BCUT2D eigenvalue weighted by Gasteiger charge is -2.04. The summed E-state index contributed by atoms with van der Waals surface area (Å²) < 4.78 is 0. The highest BCUT2D eigenvalue weighted by Gasteiger charge is 1.99. The van der Waals surface area contributed by atoms with Gasteiger partial charge in [-0.15, -0.1) is 13.2 Å². The molecule has 4 nitrogen and oxygen atoms in total. The van der Waals surface area contributed by atoms with E-state index in [2.05, 4.69) is 40.9 Å². The Bertz CT molecular complexity index is 483. The van der Waals surface area contributed by atoms with Crippen LogP contribution in [0.25, 0.3) is 0 Å². The smallest absolute Gasteiger partial charge is 0.303 e. The van der Waals surface area contributed by atoms with Crippen LogP contribution in [0.5, 0.6) is 0 Å². The van der Waals surface area contributed by atoms with Gasteiger partial charge in [0.2, 0.25) is 0 Å².